The number of anilines is 1. The van der Waals surface area contributed by atoms with Gasteiger partial charge in [-0.05, 0) is 24.3 Å². The fourth-order valence-electron chi connectivity index (χ4n) is 3.81. The minimum absolute atomic E-state index is 0.168. The van der Waals surface area contributed by atoms with E-state index in [0.29, 0.717) is 22.5 Å². The molecule has 1 aromatic heterocycles. The van der Waals surface area contributed by atoms with Gasteiger partial charge >= 0.3 is 5.69 Å². The molecular formula is C20H18ClN3O3. The molecule has 0 radical (unpaired) electrons. The zero-order valence-electron chi connectivity index (χ0n) is 15.0. The number of H-pyrrole nitrogens is 1. The van der Waals surface area contributed by atoms with Gasteiger partial charge in [-0.15, -0.1) is 0 Å². The summed E-state index contributed by atoms with van der Waals surface area (Å²) in [4.78, 5) is 41.4. The van der Waals surface area contributed by atoms with Crippen LogP contribution in [-0.4, -0.2) is 22.0 Å². The van der Waals surface area contributed by atoms with Crippen LogP contribution in [0.2, 0.25) is 5.02 Å². The molecule has 1 aliphatic heterocycles. The quantitative estimate of drug-likeness (QED) is 0.739. The number of aromatic amines is 1. The SMILES string of the molecule is CC1(C)CN(C(=O)Cn2c(=O)[nH]c(=O)c3ccccc32)c2cccc(Cl)c21. The molecule has 7 heteroatoms. The van der Waals surface area contributed by atoms with Gasteiger partial charge < -0.3 is 4.90 Å². The Labute approximate surface area is 160 Å². The number of carbonyl (C=O) groups is 1. The van der Waals surface area contributed by atoms with Crippen molar-refractivity contribution >= 4 is 34.1 Å². The first-order valence-electron chi connectivity index (χ1n) is 8.61. The van der Waals surface area contributed by atoms with Gasteiger partial charge in [-0.1, -0.05) is 43.6 Å². The maximum atomic E-state index is 13.1. The van der Waals surface area contributed by atoms with Crippen LogP contribution in [0, 0.1) is 0 Å². The van der Waals surface area contributed by atoms with Crippen molar-refractivity contribution in [1.29, 1.82) is 0 Å². The largest absolute Gasteiger partial charge is 0.329 e. The van der Waals surface area contributed by atoms with E-state index < -0.39 is 11.2 Å². The zero-order valence-corrected chi connectivity index (χ0v) is 15.7. The van der Waals surface area contributed by atoms with Crippen molar-refractivity contribution in [1.82, 2.24) is 9.55 Å². The normalized spacial score (nSPS) is 15.1. The van der Waals surface area contributed by atoms with Gasteiger partial charge in [-0.3, -0.25) is 19.1 Å². The number of hydrogen-bond acceptors (Lipinski definition) is 3. The molecular weight excluding hydrogens is 366 g/mol. The molecule has 1 amide bonds. The predicted molar refractivity (Wildman–Crippen MR) is 106 cm³/mol. The smallest absolute Gasteiger partial charge is 0.310 e. The minimum atomic E-state index is -0.600. The predicted octanol–water partition coefficient (Wildman–Crippen LogP) is 2.67. The molecule has 27 heavy (non-hydrogen) atoms. The number of halogens is 1. The Hall–Kier alpha value is -2.86. The summed E-state index contributed by atoms with van der Waals surface area (Å²) in [5, 5.41) is 0.995. The maximum absolute atomic E-state index is 13.1. The molecule has 3 aromatic rings. The number of hydrogen-bond donors (Lipinski definition) is 1. The van der Waals surface area contributed by atoms with Gasteiger partial charge in [-0.25, -0.2) is 4.79 Å². The van der Waals surface area contributed by atoms with E-state index in [0.717, 1.165) is 11.3 Å². The summed E-state index contributed by atoms with van der Waals surface area (Å²) in [6.07, 6.45) is 0. The Morgan fingerprint density at radius 1 is 1.15 bits per heavy atom. The van der Waals surface area contributed by atoms with Gasteiger partial charge in [0.15, 0.2) is 0 Å². The molecule has 2 aromatic carbocycles. The molecule has 0 atom stereocenters. The first-order chi connectivity index (χ1) is 12.8. The van der Waals surface area contributed by atoms with Crippen LogP contribution in [0.5, 0.6) is 0 Å². The lowest BCUT2D eigenvalue weighted by atomic mass is 9.87. The lowest BCUT2D eigenvalue weighted by Crippen LogP contribution is -2.40. The number of para-hydroxylation sites is 1. The molecule has 0 aliphatic carbocycles. The van der Waals surface area contributed by atoms with Crippen LogP contribution < -0.4 is 16.1 Å². The van der Waals surface area contributed by atoms with Crippen molar-refractivity contribution < 1.29 is 4.79 Å². The highest BCUT2D eigenvalue weighted by molar-refractivity contribution is 6.32. The summed E-state index contributed by atoms with van der Waals surface area (Å²) >= 11 is 6.37. The van der Waals surface area contributed by atoms with Crippen LogP contribution in [0.25, 0.3) is 10.9 Å². The summed E-state index contributed by atoms with van der Waals surface area (Å²) < 4.78 is 1.30. The second kappa shape index (κ2) is 6.09. The number of fused-ring (bicyclic) bond motifs is 2. The number of nitrogens with zero attached hydrogens (tertiary/aromatic N) is 2. The molecule has 4 rings (SSSR count). The average molecular weight is 384 g/mol. The maximum Gasteiger partial charge on any atom is 0.329 e. The standard InChI is InChI=1S/C20H18ClN3O3/c1-20(2)11-24(15-9-5-7-13(21)17(15)20)16(25)10-23-14-8-4-3-6-12(14)18(26)22-19(23)27/h3-9H,10-11H2,1-2H3,(H,22,26,27). The lowest BCUT2D eigenvalue weighted by molar-refractivity contribution is -0.119. The van der Waals surface area contributed by atoms with Crippen molar-refractivity contribution in [3.8, 4) is 0 Å². The van der Waals surface area contributed by atoms with Crippen molar-refractivity contribution in [2.24, 2.45) is 0 Å². The van der Waals surface area contributed by atoms with E-state index >= 15 is 0 Å². The summed E-state index contributed by atoms with van der Waals surface area (Å²) in [5.41, 5.74) is 0.777. The first-order valence-corrected chi connectivity index (χ1v) is 8.98. The third-order valence-corrected chi connectivity index (χ3v) is 5.33. The van der Waals surface area contributed by atoms with Crippen molar-refractivity contribution in [2.75, 3.05) is 11.4 Å². The highest BCUT2D eigenvalue weighted by Gasteiger charge is 2.39. The van der Waals surface area contributed by atoms with Gasteiger partial charge in [0, 0.05) is 28.2 Å². The molecule has 0 unspecified atom stereocenters. The number of benzene rings is 2. The Balaban J connectivity index is 1.78. The highest BCUT2D eigenvalue weighted by Crippen LogP contribution is 2.44. The van der Waals surface area contributed by atoms with Crippen molar-refractivity contribution in [2.45, 2.75) is 25.8 Å². The molecule has 1 aliphatic rings. The molecule has 0 spiro atoms. The second-order valence-electron chi connectivity index (χ2n) is 7.36. The monoisotopic (exact) mass is 383 g/mol. The fraction of sp³-hybridized carbons (Fsp3) is 0.250. The number of aromatic nitrogens is 2. The molecule has 0 saturated heterocycles. The summed E-state index contributed by atoms with van der Waals surface area (Å²) in [6.45, 7) is 4.37. The van der Waals surface area contributed by atoms with Crippen LogP contribution in [0.4, 0.5) is 5.69 Å². The van der Waals surface area contributed by atoms with E-state index in [1.165, 1.54) is 4.57 Å². The Morgan fingerprint density at radius 3 is 2.67 bits per heavy atom. The van der Waals surface area contributed by atoms with Gasteiger partial charge in [0.05, 0.1) is 10.9 Å². The topological polar surface area (TPSA) is 75.2 Å². The van der Waals surface area contributed by atoms with Gasteiger partial charge in [0.1, 0.15) is 6.54 Å². The lowest BCUT2D eigenvalue weighted by Gasteiger charge is -2.21. The number of rotatable bonds is 2. The third kappa shape index (κ3) is 2.77. The third-order valence-electron chi connectivity index (χ3n) is 5.01. The zero-order chi connectivity index (χ0) is 19.3. The Morgan fingerprint density at radius 2 is 1.89 bits per heavy atom. The van der Waals surface area contributed by atoms with E-state index in [-0.39, 0.29) is 17.9 Å². The van der Waals surface area contributed by atoms with E-state index in [1.54, 1.807) is 29.2 Å². The van der Waals surface area contributed by atoms with Gasteiger partial charge in [-0.2, -0.15) is 0 Å². The van der Waals surface area contributed by atoms with Crippen LogP contribution in [0.1, 0.15) is 19.4 Å². The molecule has 6 nitrogen and oxygen atoms in total. The molecule has 2 heterocycles. The molecule has 0 fully saturated rings. The summed E-state index contributed by atoms with van der Waals surface area (Å²) in [7, 11) is 0. The van der Waals surface area contributed by atoms with Crippen molar-refractivity contribution in [3.05, 3.63) is 73.9 Å². The van der Waals surface area contributed by atoms with E-state index in [1.807, 2.05) is 32.0 Å². The minimum Gasteiger partial charge on any atom is -0.310 e. The van der Waals surface area contributed by atoms with E-state index in [2.05, 4.69) is 4.98 Å². The van der Waals surface area contributed by atoms with Crippen LogP contribution in [-0.2, 0) is 16.8 Å². The molecule has 0 bridgehead atoms. The summed E-state index contributed by atoms with van der Waals surface area (Å²) in [5.74, 6) is -0.233. The Bertz CT molecular complexity index is 1190. The van der Waals surface area contributed by atoms with Crippen LogP contribution in [0.15, 0.2) is 52.1 Å². The highest BCUT2D eigenvalue weighted by atomic mass is 35.5. The first kappa shape index (κ1) is 17.5. The molecule has 0 saturated carbocycles. The average Bonchev–Trinajstić information content (AvgIpc) is 2.91. The van der Waals surface area contributed by atoms with Crippen LogP contribution >= 0.6 is 11.6 Å². The number of carbonyl (C=O) groups excluding carboxylic acids is 1. The fourth-order valence-corrected chi connectivity index (χ4v) is 4.23. The van der Waals surface area contributed by atoms with E-state index in [9.17, 15) is 14.4 Å². The van der Waals surface area contributed by atoms with E-state index in [4.69, 9.17) is 11.6 Å². The second-order valence-corrected chi connectivity index (χ2v) is 7.77. The van der Waals surface area contributed by atoms with Crippen molar-refractivity contribution in [3.63, 3.8) is 0 Å². The van der Waals surface area contributed by atoms with Gasteiger partial charge in [0.2, 0.25) is 5.91 Å². The molecule has 1 N–H and O–H groups in total. The molecule has 138 valence electrons. The number of amides is 1. The van der Waals surface area contributed by atoms with Crippen LogP contribution in [0.3, 0.4) is 0 Å². The summed E-state index contributed by atoms with van der Waals surface area (Å²) in [6, 6.07) is 12.2. The van der Waals surface area contributed by atoms with Gasteiger partial charge in [0.25, 0.3) is 5.56 Å². The Kier molecular flexibility index (Phi) is 3.96. The number of nitrogens with one attached hydrogen (secondary N) is 1.